The Morgan fingerprint density at radius 1 is 1.10 bits per heavy atom. The number of aromatic amines is 1. The number of carbonyl (C=O) groups excluding carboxylic acids is 1. The highest BCUT2D eigenvalue weighted by Crippen LogP contribution is 2.20. The summed E-state index contributed by atoms with van der Waals surface area (Å²) in [4.78, 5) is 29.2. The van der Waals surface area contributed by atoms with Gasteiger partial charge in [0.2, 0.25) is 5.91 Å². The molecule has 0 unspecified atom stereocenters. The largest absolute Gasteiger partial charge is 0.494 e. The van der Waals surface area contributed by atoms with E-state index >= 15 is 0 Å². The van der Waals surface area contributed by atoms with Crippen molar-refractivity contribution in [3.8, 4) is 17.1 Å². The van der Waals surface area contributed by atoms with Gasteiger partial charge in [0.15, 0.2) is 5.82 Å². The molecule has 0 saturated heterocycles. The van der Waals surface area contributed by atoms with Crippen LogP contribution in [0.25, 0.3) is 11.4 Å². The highest BCUT2D eigenvalue weighted by Gasteiger charge is 2.13. The van der Waals surface area contributed by atoms with Gasteiger partial charge in [-0.2, -0.15) is 0 Å². The molecule has 0 atom stereocenters. The zero-order valence-electron chi connectivity index (χ0n) is 17.3. The van der Waals surface area contributed by atoms with Crippen LogP contribution >= 0.6 is 0 Å². The normalized spacial score (nSPS) is 10.6. The number of nitrogens with zero attached hydrogens (tertiary/aromatic N) is 3. The number of aromatic nitrogens is 3. The SMILES string of the molecule is CCCOc1cccc(-c2nnc(CCC(=O)N(C)Cc3ccccc3)c(=O)[nH]2)c1. The highest BCUT2D eigenvalue weighted by atomic mass is 16.5. The molecule has 0 fully saturated rings. The number of rotatable bonds is 9. The lowest BCUT2D eigenvalue weighted by atomic mass is 10.2. The van der Waals surface area contributed by atoms with Crippen LogP contribution in [0.3, 0.4) is 0 Å². The van der Waals surface area contributed by atoms with E-state index in [-0.39, 0.29) is 30.0 Å². The van der Waals surface area contributed by atoms with Crippen LogP contribution in [0.2, 0.25) is 0 Å². The number of carbonyl (C=O) groups is 1. The Balaban J connectivity index is 1.61. The Kier molecular flexibility index (Phi) is 7.32. The molecule has 7 heteroatoms. The number of hydrogen-bond acceptors (Lipinski definition) is 5. The van der Waals surface area contributed by atoms with Gasteiger partial charge in [-0.25, -0.2) is 0 Å². The molecule has 7 nitrogen and oxygen atoms in total. The summed E-state index contributed by atoms with van der Waals surface area (Å²) in [7, 11) is 1.75. The third-order valence-electron chi connectivity index (χ3n) is 4.61. The first-order valence-corrected chi connectivity index (χ1v) is 10.0. The van der Waals surface area contributed by atoms with Gasteiger partial charge in [-0.3, -0.25) is 9.59 Å². The molecule has 3 rings (SSSR count). The summed E-state index contributed by atoms with van der Waals surface area (Å²) in [6.45, 7) is 3.18. The lowest BCUT2D eigenvalue weighted by Crippen LogP contribution is -2.27. The molecular formula is C23H26N4O3. The molecule has 0 aliphatic carbocycles. The number of aryl methyl sites for hydroxylation is 1. The van der Waals surface area contributed by atoms with Crippen molar-refractivity contribution in [1.29, 1.82) is 0 Å². The summed E-state index contributed by atoms with van der Waals surface area (Å²) >= 11 is 0. The second-order valence-corrected chi connectivity index (χ2v) is 7.06. The van der Waals surface area contributed by atoms with E-state index in [1.807, 2.05) is 61.5 Å². The Bertz CT molecular complexity index is 1030. The topological polar surface area (TPSA) is 88.2 Å². The van der Waals surface area contributed by atoms with E-state index in [2.05, 4.69) is 15.2 Å². The Hall–Kier alpha value is -3.48. The minimum Gasteiger partial charge on any atom is -0.494 e. The van der Waals surface area contributed by atoms with E-state index in [0.29, 0.717) is 24.7 Å². The van der Waals surface area contributed by atoms with E-state index in [0.717, 1.165) is 17.5 Å². The third kappa shape index (κ3) is 5.76. The molecule has 30 heavy (non-hydrogen) atoms. The minimum absolute atomic E-state index is 0.0510. The molecule has 1 N–H and O–H groups in total. The fourth-order valence-corrected chi connectivity index (χ4v) is 2.97. The van der Waals surface area contributed by atoms with E-state index in [1.54, 1.807) is 11.9 Å². The zero-order chi connectivity index (χ0) is 21.3. The summed E-state index contributed by atoms with van der Waals surface area (Å²) in [5.41, 5.74) is 1.69. The Morgan fingerprint density at radius 3 is 2.63 bits per heavy atom. The number of amides is 1. The first kappa shape index (κ1) is 21.2. The van der Waals surface area contributed by atoms with Crippen molar-refractivity contribution in [2.24, 2.45) is 0 Å². The first-order chi connectivity index (χ1) is 14.6. The molecule has 2 aromatic carbocycles. The van der Waals surface area contributed by atoms with Crippen LogP contribution in [0.4, 0.5) is 0 Å². The number of hydrogen-bond donors (Lipinski definition) is 1. The monoisotopic (exact) mass is 406 g/mol. The summed E-state index contributed by atoms with van der Waals surface area (Å²) < 4.78 is 5.62. The molecule has 0 bridgehead atoms. The van der Waals surface area contributed by atoms with Gasteiger partial charge in [-0.1, -0.05) is 49.4 Å². The van der Waals surface area contributed by atoms with Gasteiger partial charge in [0.25, 0.3) is 5.56 Å². The highest BCUT2D eigenvalue weighted by molar-refractivity contribution is 5.76. The predicted molar refractivity (Wildman–Crippen MR) is 115 cm³/mol. The van der Waals surface area contributed by atoms with Crippen LogP contribution in [0.15, 0.2) is 59.4 Å². The average molecular weight is 406 g/mol. The van der Waals surface area contributed by atoms with Gasteiger partial charge < -0.3 is 14.6 Å². The maximum absolute atomic E-state index is 12.4. The van der Waals surface area contributed by atoms with Crippen molar-refractivity contribution in [2.45, 2.75) is 32.7 Å². The summed E-state index contributed by atoms with van der Waals surface area (Å²) in [5.74, 6) is 1.04. The number of nitrogens with one attached hydrogen (secondary N) is 1. The van der Waals surface area contributed by atoms with Crippen molar-refractivity contribution >= 4 is 5.91 Å². The van der Waals surface area contributed by atoms with Gasteiger partial charge in [0.1, 0.15) is 11.4 Å². The van der Waals surface area contributed by atoms with Crippen LogP contribution in [0.5, 0.6) is 5.75 Å². The number of benzene rings is 2. The molecule has 1 heterocycles. The number of ether oxygens (including phenoxy) is 1. The molecule has 156 valence electrons. The first-order valence-electron chi connectivity index (χ1n) is 10.0. The minimum atomic E-state index is -0.335. The standard InChI is InChI=1S/C23H26N4O3/c1-3-14-30-19-11-7-10-18(15-19)22-24-23(29)20(25-26-22)12-13-21(28)27(2)16-17-8-5-4-6-9-17/h4-11,15H,3,12-14,16H2,1-2H3,(H,24,26,29). The van der Waals surface area contributed by atoms with Crippen LogP contribution in [-0.4, -0.2) is 39.6 Å². The van der Waals surface area contributed by atoms with Crippen molar-refractivity contribution in [3.63, 3.8) is 0 Å². The lowest BCUT2D eigenvalue weighted by molar-refractivity contribution is -0.130. The number of H-pyrrole nitrogens is 1. The van der Waals surface area contributed by atoms with Crippen LogP contribution in [-0.2, 0) is 17.8 Å². The van der Waals surface area contributed by atoms with E-state index < -0.39 is 0 Å². The molecule has 3 aromatic rings. The second kappa shape index (κ2) is 10.3. The summed E-state index contributed by atoms with van der Waals surface area (Å²) in [6, 6.07) is 17.1. The predicted octanol–water partition coefficient (Wildman–Crippen LogP) is 3.21. The van der Waals surface area contributed by atoms with Crippen LogP contribution in [0, 0.1) is 0 Å². The fourth-order valence-electron chi connectivity index (χ4n) is 2.97. The molecule has 1 amide bonds. The van der Waals surface area contributed by atoms with Crippen molar-refractivity contribution in [2.75, 3.05) is 13.7 Å². The van der Waals surface area contributed by atoms with Crippen molar-refractivity contribution < 1.29 is 9.53 Å². The summed E-state index contributed by atoms with van der Waals surface area (Å²) in [5, 5.41) is 8.19. The molecular weight excluding hydrogens is 380 g/mol. The van der Waals surface area contributed by atoms with Gasteiger partial charge in [-0.15, -0.1) is 10.2 Å². The molecule has 0 aliphatic rings. The third-order valence-corrected chi connectivity index (χ3v) is 4.61. The van der Waals surface area contributed by atoms with E-state index in [1.165, 1.54) is 0 Å². The average Bonchev–Trinajstić information content (AvgIpc) is 2.77. The van der Waals surface area contributed by atoms with E-state index in [9.17, 15) is 9.59 Å². The van der Waals surface area contributed by atoms with Crippen LogP contribution in [0.1, 0.15) is 31.0 Å². The summed E-state index contributed by atoms with van der Waals surface area (Å²) in [6.07, 6.45) is 1.34. The van der Waals surface area contributed by atoms with Gasteiger partial charge >= 0.3 is 0 Å². The van der Waals surface area contributed by atoms with E-state index in [4.69, 9.17) is 4.74 Å². The molecule has 0 saturated carbocycles. The quantitative estimate of drug-likeness (QED) is 0.589. The molecule has 0 aliphatic heterocycles. The smallest absolute Gasteiger partial charge is 0.273 e. The maximum Gasteiger partial charge on any atom is 0.273 e. The lowest BCUT2D eigenvalue weighted by Gasteiger charge is -2.17. The molecule has 0 spiro atoms. The van der Waals surface area contributed by atoms with Crippen LogP contribution < -0.4 is 10.3 Å². The van der Waals surface area contributed by atoms with Crippen molar-refractivity contribution in [3.05, 3.63) is 76.2 Å². The molecule has 0 radical (unpaired) electrons. The van der Waals surface area contributed by atoms with Gasteiger partial charge in [0, 0.05) is 32.0 Å². The second-order valence-electron chi connectivity index (χ2n) is 7.06. The Labute approximate surface area is 175 Å². The van der Waals surface area contributed by atoms with Gasteiger partial charge in [-0.05, 0) is 24.1 Å². The fraction of sp³-hybridized carbons (Fsp3) is 0.304. The maximum atomic E-state index is 12.4. The van der Waals surface area contributed by atoms with Gasteiger partial charge in [0.05, 0.1) is 6.61 Å². The van der Waals surface area contributed by atoms with Crippen molar-refractivity contribution in [1.82, 2.24) is 20.1 Å². The molecule has 1 aromatic heterocycles. The Morgan fingerprint density at radius 2 is 1.90 bits per heavy atom. The zero-order valence-corrected chi connectivity index (χ0v) is 17.3.